The van der Waals surface area contributed by atoms with Crippen molar-refractivity contribution in [1.82, 2.24) is 4.57 Å². The molecule has 2 rings (SSSR count). The summed E-state index contributed by atoms with van der Waals surface area (Å²) in [6.07, 6.45) is 15.1. The van der Waals surface area contributed by atoms with Crippen LogP contribution in [0.15, 0.2) is 67.8 Å². The highest BCUT2D eigenvalue weighted by atomic mass is 15.0. The highest BCUT2D eigenvalue weighted by molar-refractivity contribution is 5.86. The first-order valence-corrected chi connectivity index (χ1v) is 7.60. The Hall–Kier alpha value is -2.54. The summed E-state index contributed by atoms with van der Waals surface area (Å²) in [5.74, 6) is 0. The van der Waals surface area contributed by atoms with Crippen LogP contribution in [0.4, 0.5) is 0 Å². The fourth-order valence-electron chi connectivity index (χ4n) is 2.78. The van der Waals surface area contributed by atoms with E-state index >= 15 is 0 Å². The van der Waals surface area contributed by atoms with E-state index in [0.29, 0.717) is 0 Å². The molecule has 0 aliphatic heterocycles. The number of allylic oxidation sites excluding steroid dienone is 6. The lowest BCUT2D eigenvalue weighted by molar-refractivity contribution is 1.05. The number of rotatable bonds is 5. The molecule has 1 heteroatoms. The lowest BCUT2D eigenvalue weighted by atomic mass is 10.2. The Bertz CT molecular complexity index is 857. The highest BCUT2D eigenvalue weighted by Crippen LogP contribution is 2.17. The van der Waals surface area contributed by atoms with Crippen molar-refractivity contribution in [3.8, 4) is 0 Å². The molecule has 0 saturated heterocycles. The summed E-state index contributed by atoms with van der Waals surface area (Å²) in [6, 6.07) is 8.48. The smallest absolute Gasteiger partial charge is 0.0537 e. The van der Waals surface area contributed by atoms with Crippen molar-refractivity contribution in [2.75, 3.05) is 0 Å². The van der Waals surface area contributed by atoms with Crippen LogP contribution in [0.5, 0.6) is 0 Å². The van der Waals surface area contributed by atoms with Crippen molar-refractivity contribution in [3.63, 3.8) is 0 Å². The Kier molecular flexibility index (Phi) is 5.37. The van der Waals surface area contributed by atoms with Crippen molar-refractivity contribution in [1.29, 1.82) is 0 Å². The summed E-state index contributed by atoms with van der Waals surface area (Å²) in [5, 5.41) is 3.65. The van der Waals surface area contributed by atoms with Gasteiger partial charge in [-0.1, -0.05) is 67.8 Å². The van der Waals surface area contributed by atoms with E-state index in [2.05, 4.69) is 79.3 Å². The minimum Gasteiger partial charge on any atom is -0.313 e. The van der Waals surface area contributed by atoms with Crippen LogP contribution in [0.25, 0.3) is 28.8 Å². The summed E-state index contributed by atoms with van der Waals surface area (Å²) in [4.78, 5) is 0. The van der Waals surface area contributed by atoms with Gasteiger partial charge in [-0.05, 0) is 26.0 Å². The number of para-hydroxylation sites is 1. The van der Waals surface area contributed by atoms with Gasteiger partial charge in [0.05, 0.1) is 5.52 Å². The molecule has 22 heavy (non-hydrogen) atoms. The van der Waals surface area contributed by atoms with Crippen molar-refractivity contribution < 1.29 is 0 Å². The van der Waals surface area contributed by atoms with E-state index in [9.17, 15) is 0 Å². The first kappa shape index (κ1) is 15.8. The molecule has 1 nitrogen and oxygen atoms in total. The van der Waals surface area contributed by atoms with Gasteiger partial charge in [-0.15, -0.1) is 0 Å². The van der Waals surface area contributed by atoms with Crippen LogP contribution in [-0.4, -0.2) is 4.57 Å². The second kappa shape index (κ2) is 7.46. The van der Waals surface area contributed by atoms with Gasteiger partial charge in [0.25, 0.3) is 0 Å². The Labute approximate surface area is 132 Å². The molecule has 0 spiro atoms. The fourth-order valence-corrected chi connectivity index (χ4v) is 2.78. The molecule has 1 aromatic heterocycles. The van der Waals surface area contributed by atoms with Gasteiger partial charge in [-0.2, -0.15) is 0 Å². The SMILES string of the molecule is C=C/C=c1\c(=C/C)n(/C(=C/C=C)C/C=C\C)c2ccccc12. The van der Waals surface area contributed by atoms with Gasteiger partial charge in [0, 0.05) is 28.1 Å². The van der Waals surface area contributed by atoms with Gasteiger partial charge in [0.1, 0.15) is 0 Å². The maximum Gasteiger partial charge on any atom is 0.0537 e. The average molecular weight is 289 g/mol. The van der Waals surface area contributed by atoms with Crippen molar-refractivity contribution in [3.05, 3.63) is 78.4 Å². The maximum atomic E-state index is 3.86. The molecule has 0 N–H and O–H groups in total. The molecule has 0 amide bonds. The van der Waals surface area contributed by atoms with Gasteiger partial charge >= 0.3 is 0 Å². The zero-order chi connectivity index (χ0) is 15.9. The number of benzene rings is 1. The molecule has 0 radical (unpaired) electrons. The highest BCUT2D eigenvalue weighted by Gasteiger charge is 2.09. The van der Waals surface area contributed by atoms with Crippen LogP contribution in [0.1, 0.15) is 20.3 Å². The molecule has 0 unspecified atom stereocenters. The lowest BCUT2D eigenvalue weighted by Crippen LogP contribution is -2.28. The van der Waals surface area contributed by atoms with Gasteiger partial charge in [-0.3, -0.25) is 0 Å². The first-order valence-electron chi connectivity index (χ1n) is 7.60. The number of fused-ring (bicyclic) bond motifs is 1. The summed E-state index contributed by atoms with van der Waals surface area (Å²) in [6.45, 7) is 11.8. The molecule has 0 fully saturated rings. The molecule has 0 atom stereocenters. The van der Waals surface area contributed by atoms with Crippen LogP contribution in [-0.2, 0) is 0 Å². The van der Waals surface area contributed by atoms with Crippen molar-refractivity contribution in [2.24, 2.45) is 0 Å². The molecule has 1 heterocycles. The van der Waals surface area contributed by atoms with Gasteiger partial charge < -0.3 is 4.57 Å². The van der Waals surface area contributed by atoms with Gasteiger partial charge in [0.2, 0.25) is 0 Å². The summed E-state index contributed by atoms with van der Waals surface area (Å²) >= 11 is 0. The number of nitrogens with zero attached hydrogens (tertiary/aromatic N) is 1. The quantitative estimate of drug-likeness (QED) is 0.568. The van der Waals surface area contributed by atoms with Crippen LogP contribution < -0.4 is 10.6 Å². The molecule has 1 aromatic carbocycles. The van der Waals surface area contributed by atoms with Gasteiger partial charge in [0.15, 0.2) is 0 Å². The fraction of sp³-hybridized carbons (Fsp3) is 0.143. The van der Waals surface area contributed by atoms with E-state index in [0.717, 1.165) is 6.42 Å². The second-order valence-electron chi connectivity index (χ2n) is 5.01. The monoisotopic (exact) mass is 289 g/mol. The van der Waals surface area contributed by atoms with Gasteiger partial charge in [-0.25, -0.2) is 0 Å². The van der Waals surface area contributed by atoms with Crippen molar-refractivity contribution in [2.45, 2.75) is 20.3 Å². The molecule has 0 bridgehead atoms. The minimum absolute atomic E-state index is 0.871. The van der Waals surface area contributed by atoms with E-state index < -0.39 is 0 Å². The topological polar surface area (TPSA) is 4.93 Å². The van der Waals surface area contributed by atoms with E-state index in [1.165, 1.54) is 27.2 Å². The number of aromatic nitrogens is 1. The summed E-state index contributed by atoms with van der Waals surface area (Å²) < 4.78 is 2.31. The molecule has 0 aliphatic rings. The Morgan fingerprint density at radius 1 is 1.14 bits per heavy atom. The predicted octanol–water partition coefficient (Wildman–Crippen LogP) is 4.40. The zero-order valence-corrected chi connectivity index (χ0v) is 13.4. The summed E-state index contributed by atoms with van der Waals surface area (Å²) in [7, 11) is 0. The molecule has 2 aromatic rings. The van der Waals surface area contributed by atoms with E-state index in [-0.39, 0.29) is 0 Å². The third-order valence-corrected chi connectivity index (χ3v) is 3.67. The predicted molar refractivity (Wildman–Crippen MR) is 99.9 cm³/mol. The third kappa shape index (κ3) is 2.89. The standard InChI is InChI=1S/C21H23N/c1-5-9-14-17(12-6-2)22-20(8-4)18(13-7-3)19-15-10-11-16-21(19)22/h5-13,15-16H,2-3,14H2,1,4H3/b9-5-,17-12+,18-13-,20-8+. The lowest BCUT2D eigenvalue weighted by Gasteiger charge is -2.09. The third-order valence-electron chi connectivity index (χ3n) is 3.67. The number of hydrogen-bond acceptors (Lipinski definition) is 0. The Morgan fingerprint density at radius 2 is 1.91 bits per heavy atom. The van der Waals surface area contributed by atoms with Crippen LogP contribution in [0.2, 0.25) is 0 Å². The second-order valence-corrected chi connectivity index (χ2v) is 5.01. The largest absolute Gasteiger partial charge is 0.313 e. The van der Waals surface area contributed by atoms with Crippen LogP contribution in [0.3, 0.4) is 0 Å². The van der Waals surface area contributed by atoms with E-state index in [1.807, 2.05) is 19.1 Å². The first-order chi connectivity index (χ1) is 10.8. The number of hydrogen-bond donors (Lipinski definition) is 0. The van der Waals surface area contributed by atoms with E-state index in [1.54, 1.807) is 0 Å². The normalized spacial score (nSPS) is 14.2. The van der Waals surface area contributed by atoms with Crippen LogP contribution in [0, 0.1) is 0 Å². The Balaban J connectivity index is 2.94. The molecule has 112 valence electrons. The van der Waals surface area contributed by atoms with Crippen molar-refractivity contribution >= 4 is 28.8 Å². The van der Waals surface area contributed by atoms with Crippen LogP contribution >= 0.6 is 0 Å². The average Bonchev–Trinajstić information content (AvgIpc) is 2.86. The molecule has 0 aliphatic carbocycles. The molecule has 0 saturated carbocycles. The Morgan fingerprint density at radius 3 is 2.55 bits per heavy atom. The zero-order valence-electron chi connectivity index (χ0n) is 13.4. The molecular weight excluding hydrogens is 266 g/mol. The van der Waals surface area contributed by atoms with E-state index in [4.69, 9.17) is 0 Å². The summed E-state index contributed by atoms with van der Waals surface area (Å²) in [5.41, 5.74) is 2.42. The maximum absolute atomic E-state index is 3.86. The molecular formula is C21H23N. The minimum atomic E-state index is 0.871.